The van der Waals surface area contributed by atoms with Gasteiger partial charge in [0.25, 0.3) is 0 Å². The van der Waals surface area contributed by atoms with E-state index in [1.54, 1.807) is 6.07 Å². The number of carbonyl (C=O) groups is 1. The van der Waals surface area contributed by atoms with Crippen molar-refractivity contribution in [2.45, 2.75) is 33.6 Å². The van der Waals surface area contributed by atoms with Gasteiger partial charge in [0.1, 0.15) is 0 Å². The van der Waals surface area contributed by atoms with Crippen LogP contribution >= 0.6 is 15.9 Å². The predicted octanol–water partition coefficient (Wildman–Crippen LogP) is 3.71. The minimum atomic E-state index is 0.0483. The molecule has 1 amide bonds. The van der Waals surface area contributed by atoms with Crippen molar-refractivity contribution in [2.24, 2.45) is 5.92 Å². The number of hydrogen-bond acceptors (Lipinski definition) is 2. The number of anilines is 2. The molecule has 0 aromatic heterocycles. The molecule has 0 saturated carbocycles. The molecule has 3 N–H and O–H groups in total. The van der Waals surface area contributed by atoms with E-state index < -0.39 is 0 Å². The lowest BCUT2D eigenvalue weighted by Crippen LogP contribution is -2.22. The molecule has 0 atom stereocenters. The second-order valence-electron chi connectivity index (χ2n) is 4.19. The maximum atomic E-state index is 12.0. The maximum Gasteiger partial charge on any atom is 0.227 e. The highest BCUT2D eigenvalue weighted by Gasteiger charge is 2.16. The average Bonchev–Trinajstić information content (AvgIpc) is 2.25. The Morgan fingerprint density at radius 3 is 2.47 bits per heavy atom. The highest BCUT2D eigenvalue weighted by Crippen LogP contribution is 2.28. The van der Waals surface area contributed by atoms with Crippen molar-refractivity contribution < 1.29 is 4.79 Å². The fraction of sp³-hybridized carbons (Fsp3) is 0.462. The van der Waals surface area contributed by atoms with Gasteiger partial charge in [0.05, 0.1) is 11.4 Å². The van der Waals surface area contributed by atoms with Crippen LogP contribution in [0.4, 0.5) is 11.4 Å². The molecule has 1 aromatic carbocycles. The van der Waals surface area contributed by atoms with Gasteiger partial charge in [0.2, 0.25) is 5.91 Å². The first kappa shape index (κ1) is 14.0. The lowest BCUT2D eigenvalue weighted by molar-refractivity contribution is -0.120. The second kappa shape index (κ2) is 6.05. The first-order chi connectivity index (χ1) is 7.99. The van der Waals surface area contributed by atoms with Gasteiger partial charge in [-0.2, -0.15) is 0 Å². The lowest BCUT2D eigenvalue weighted by Gasteiger charge is -2.16. The quantitative estimate of drug-likeness (QED) is 0.833. The molecule has 4 heteroatoms. The van der Waals surface area contributed by atoms with Gasteiger partial charge in [0.15, 0.2) is 0 Å². The Kier molecular flexibility index (Phi) is 5.00. The van der Waals surface area contributed by atoms with E-state index in [9.17, 15) is 4.79 Å². The Bertz CT molecular complexity index is 391. The highest BCUT2D eigenvalue weighted by atomic mass is 79.9. The fourth-order valence-corrected chi connectivity index (χ4v) is 2.41. The van der Waals surface area contributed by atoms with Gasteiger partial charge in [-0.15, -0.1) is 0 Å². The van der Waals surface area contributed by atoms with Crippen molar-refractivity contribution in [3.63, 3.8) is 0 Å². The molecule has 17 heavy (non-hydrogen) atoms. The average molecular weight is 299 g/mol. The van der Waals surface area contributed by atoms with Crippen molar-refractivity contribution in [3.8, 4) is 0 Å². The third-order valence-corrected chi connectivity index (χ3v) is 3.39. The first-order valence-corrected chi connectivity index (χ1v) is 6.65. The van der Waals surface area contributed by atoms with Crippen LogP contribution in [0.2, 0.25) is 0 Å². The van der Waals surface area contributed by atoms with Crippen LogP contribution in [0.25, 0.3) is 0 Å². The third-order valence-electron chi connectivity index (χ3n) is 2.94. The monoisotopic (exact) mass is 298 g/mol. The van der Waals surface area contributed by atoms with Gasteiger partial charge in [-0.05, 0) is 37.5 Å². The van der Waals surface area contributed by atoms with E-state index >= 15 is 0 Å². The molecule has 0 saturated heterocycles. The summed E-state index contributed by atoms with van der Waals surface area (Å²) in [5.41, 5.74) is 8.20. The van der Waals surface area contributed by atoms with E-state index in [4.69, 9.17) is 5.73 Å². The summed E-state index contributed by atoms with van der Waals surface area (Å²) in [6.45, 7) is 5.97. The number of halogens is 1. The smallest absolute Gasteiger partial charge is 0.227 e. The molecule has 0 radical (unpaired) electrons. The lowest BCUT2D eigenvalue weighted by atomic mass is 10.0. The standard InChI is InChI=1S/C13H19BrN2O/c1-4-9(5-2)13(17)16-12-8(3)6-10(14)7-11(12)15/h6-7,9H,4-5,15H2,1-3H3,(H,16,17). The molecular weight excluding hydrogens is 280 g/mol. The van der Waals surface area contributed by atoms with Crippen LogP contribution in [-0.2, 0) is 4.79 Å². The van der Waals surface area contributed by atoms with Crippen molar-refractivity contribution in [1.82, 2.24) is 0 Å². The molecule has 0 aliphatic heterocycles. The van der Waals surface area contributed by atoms with Crippen LogP contribution in [0.5, 0.6) is 0 Å². The Morgan fingerprint density at radius 2 is 2.00 bits per heavy atom. The van der Waals surface area contributed by atoms with Crippen LogP contribution in [0.15, 0.2) is 16.6 Å². The van der Waals surface area contributed by atoms with Crippen LogP contribution in [0, 0.1) is 12.8 Å². The van der Waals surface area contributed by atoms with Crippen LogP contribution in [0.1, 0.15) is 32.3 Å². The van der Waals surface area contributed by atoms with Gasteiger partial charge >= 0.3 is 0 Å². The summed E-state index contributed by atoms with van der Waals surface area (Å²) in [7, 11) is 0. The Morgan fingerprint density at radius 1 is 1.41 bits per heavy atom. The number of aryl methyl sites for hydroxylation is 1. The highest BCUT2D eigenvalue weighted by molar-refractivity contribution is 9.10. The van der Waals surface area contributed by atoms with E-state index in [0.29, 0.717) is 5.69 Å². The summed E-state index contributed by atoms with van der Waals surface area (Å²) < 4.78 is 0.924. The van der Waals surface area contributed by atoms with Crippen LogP contribution < -0.4 is 11.1 Å². The van der Waals surface area contributed by atoms with Gasteiger partial charge in [-0.25, -0.2) is 0 Å². The molecule has 0 spiro atoms. The summed E-state index contributed by atoms with van der Waals surface area (Å²) >= 11 is 3.38. The number of amides is 1. The number of rotatable bonds is 4. The molecule has 3 nitrogen and oxygen atoms in total. The summed E-state index contributed by atoms with van der Waals surface area (Å²) in [5, 5.41) is 2.92. The number of benzene rings is 1. The molecule has 0 unspecified atom stereocenters. The molecule has 1 aromatic rings. The Labute approximate surface area is 111 Å². The van der Waals surface area contributed by atoms with Crippen molar-refractivity contribution in [2.75, 3.05) is 11.1 Å². The molecule has 0 aliphatic carbocycles. The molecular formula is C13H19BrN2O. The summed E-state index contributed by atoms with van der Waals surface area (Å²) in [4.78, 5) is 12.0. The third kappa shape index (κ3) is 3.46. The van der Waals surface area contributed by atoms with E-state index in [-0.39, 0.29) is 11.8 Å². The van der Waals surface area contributed by atoms with Gasteiger partial charge in [0, 0.05) is 10.4 Å². The molecule has 0 aliphatic rings. The molecule has 0 fully saturated rings. The molecule has 0 heterocycles. The largest absolute Gasteiger partial charge is 0.397 e. The Hall–Kier alpha value is -1.03. The SMILES string of the molecule is CCC(CC)C(=O)Nc1c(C)cc(Br)cc1N. The van der Waals surface area contributed by atoms with Crippen molar-refractivity contribution >= 4 is 33.2 Å². The molecule has 0 bridgehead atoms. The zero-order valence-corrected chi connectivity index (χ0v) is 12.1. The normalized spacial score (nSPS) is 10.6. The summed E-state index contributed by atoms with van der Waals surface area (Å²) in [5.74, 6) is 0.101. The van der Waals surface area contributed by atoms with Crippen molar-refractivity contribution in [1.29, 1.82) is 0 Å². The molecule has 1 rings (SSSR count). The topological polar surface area (TPSA) is 55.1 Å². The van der Waals surface area contributed by atoms with Crippen molar-refractivity contribution in [3.05, 3.63) is 22.2 Å². The van der Waals surface area contributed by atoms with E-state index in [2.05, 4.69) is 21.2 Å². The fourth-order valence-electron chi connectivity index (χ4n) is 1.82. The summed E-state index contributed by atoms with van der Waals surface area (Å²) in [6.07, 6.45) is 1.69. The molecule has 94 valence electrons. The number of nitrogens with two attached hydrogens (primary N) is 1. The number of nitrogen functional groups attached to an aromatic ring is 1. The minimum absolute atomic E-state index is 0.0483. The number of hydrogen-bond donors (Lipinski definition) is 2. The minimum Gasteiger partial charge on any atom is -0.397 e. The number of nitrogens with one attached hydrogen (secondary N) is 1. The summed E-state index contributed by atoms with van der Waals surface area (Å²) in [6, 6.07) is 3.74. The van der Waals surface area contributed by atoms with E-state index in [1.807, 2.05) is 26.8 Å². The zero-order valence-electron chi connectivity index (χ0n) is 10.5. The van der Waals surface area contributed by atoms with Gasteiger partial charge in [-0.1, -0.05) is 29.8 Å². The first-order valence-electron chi connectivity index (χ1n) is 5.86. The van der Waals surface area contributed by atoms with Gasteiger partial charge in [-0.3, -0.25) is 4.79 Å². The number of carbonyl (C=O) groups excluding carboxylic acids is 1. The maximum absolute atomic E-state index is 12.0. The Balaban J connectivity index is 2.92. The van der Waals surface area contributed by atoms with Crippen LogP contribution in [-0.4, -0.2) is 5.91 Å². The van der Waals surface area contributed by atoms with E-state index in [1.165, 1.54) is 0 Å². The predicted molar refractivity (Wildman–Crippen MR) is 76.0 cm³/mol. The van der Waals surface area contributed by atoms with Crippen LogP contribution in [0.3, 0.4) is 0 Å². The van der Waals surface area contributed by atoms with E-state index in [0.717, 1.165) is 28.6 Å². The van der Waals surface area contributed by atoms with Gasteiger partial charge < -0.3 is 11.1 Å². The second-order valence-corrected chi connectivity index (χ2v) is 5.11. The zero-order chi connectivity index (χ0) is 13.0.